The number of ether oxygens (including phenoxy) is 2. The minimum absolute atomic E-state index is 0.228. The zero-order chi connectivity index (χ0) is 41.1. The van der Waals surface area contributed by atoms with Gasteiger partial charge in [0, 0.05) is 22.8 Å². The van der Waals surface area contributed by atoms with Crippen molar-refractivity contribution in [1.82, 2.24) is 0 Å². The van der Waals surface area contributed by atoms with Crippen molar-refractivity contribution >= 4 is 77.5 Å². The highest BCUT2D eigenvalue weighted by Crippen LogP contribution is 2.60. The lowest BCUT2D eigenvalue weighted by Crippen LogP contribution is -2.44. The Hall–Kier alpha value is -5.73. The van der Waals surface area contributed by atoms with Crippen molar-refractivity contribution in [2.45, 2.75) is 75.2 Å². The molecule has 294 valence electrons. The second-order valence-corrected chi connectivity index (χ2v) is 19.1. The van der Waals surface area contributed by atoms with Gasteiger partial charge in [0.05, 0.1) is 29.9 Å². The summed E-state index contributed by atoms with van der Waals surface area (Å²) in [5, 5.41) is 7.46. The van der Waals surface area contributed by atoms with E-state index in [1.165, 1.54) is 0 Å². The SMILES string of the molecule is [B]C1(CCC)C(S(=O)(=O)c2ccc(C)cc2)=C(c2ccc3ccc4c(-c5ccc(-c6cccc7c6oc6ccccc67)cc5)ccc5ccc2c3c54)CC2OC(C)(C)OC21. The molecule has 8 aromatic carbocycles. The highest BCUT2D eigenvalue weighted by molar-refractivity contribution is 7.95. The molecule has 0 N–H and O–H groups in total. The van der Waals surface area contributed by atoms with Crippen LogP contribution in [-0.4, -0.2) is 34.3 Å². The normalized spacial score (nSPS) is 20.6. The van der Waals surface area contributed by atoms with Crippen LogP contribution in [0, 0.1) is 6.92 Å². The summed E-state index contributed by atoms with van der Waals surface area (Å²) < 4.78 is 49.8. The van der Waals surface area contributed by atoms with Gasteiger partial charge in [-0.25, -0.2) is 8.42 Å². The topological polar surface area (TPSA) is 65.7 Å². The summed E-state index contributed by atoms with van der Waals surface area (Å²) in [6.45, 7) is 7.76. The van der Waals surface area contributed by atoms with Crippen LogP contribution < -0.4 is 0 Å². The fourth-order valence-electron chi connectivity index (χ4n) is 10.4. The predicted octanol–water partition coefficient (Wildman–Crippen LogP) is 13.4. The van der Waals surface area contributed by atoms with Gasteiger partial charge in [-0.1, -0.05) is 140 Å². The number of furan rings is 1. The summed E-state index contributed by atoms with van der Waals surface area (Å²) in [5.74, 6) is -0.917. The van der Waals surface area contributed by atoms with Gasteiger partial charge in [0.25, 0.3) is 0 Å². The predicted molar refractivity (Wildman–Crippen MR) is 245 cm³/mol. The Labute approximate surface area is 351 Å². The monoisotopic (exact) mass is 802 g/mol. The lowest BCUT2D eigenvalue weighted by atomic mass is 9.56. The third-order valence-electron chi connectivity index (χ3n) is 13.0. The number of rotatable bonds is 7. The Morgan fingerprint density at radius 1 is 0.650 bits per heavy atom. The molecule has 3 atom stereocenters. The Kier molecular flexibility index (Phi) is 8.32. The summed E-state index contributed by atoms with van der Waals surface area (Å²) in [7, 11) is 3.44. The van der Waals surface area contributed by atoms with E-state index in [1.807, 2.05) is 58.0 Å². The third-order valence-corrected chi connectivity index (χ3v) is 15.0. The number of aryl methyl sites for hydroxylation is 1. The number of benzene rings is 8. The van der Waals surface area contributed by atoms with Crippen LogP contribution in [0.15, 0.2) is 154 Å². The molecule has 0 saturated carbocycles. The molecule has 7 heteroatoms. The lowest BCUT2D eigenvalue weighted by Gasteiger charge is -2.44. The van der Waals surface area contributed by atoms with E-state index in [0.717, 1.165) is 87.6 Å². The first-order valence-corrected chi connectivity index (χ1v) is 22.4. The van der Waals surface area contributed by atoms with Crippen molar-refractivity contribution in [3.8, 4) is 22.3 Å². The molecule has 3 unspecified atom stereocenters. The molecule has 1 aliphatic heterocycles. The van der Waals surface area contributed by atoms with Gasteiger partial charge in [-0.3, -0.25) is 0 Å². The zero-order valence-electron chi connectivity index (χ0n) is 34.1. The van der Waals surface area contributed by atoms with Gasteiger partial charge >= 0.3 is 0 Å². The van der Waals surface area contributed by atoms with Gasteiger partial charge in [-0.2, -0.15) is 0 Å². The van der Waals surface area contributed by atoms with Crippen LogP contribution in [0.4, 0.5) is 0 Å². The van der Waals surface area contributed by atoms with E-state index < -0.39 is 33.1 Å². The quantitative estimate of drug-likeness (QED) is 0.119. The number of hydrogen-bond acceptors (Lipinski definition) is 5. The Morgan fingerprint density at radius 2 is 1.27 bits per heavy atom. The molecule has 1 saturated heterocycles. The molecule has 1 aliphatic carbocycles. The molecule has 11 rings (SSSR count). The molecule has 0 amide bonds. The number of para-hydroxylation sites is 2. The second-order valence-electron chi connectivity index (χ2n) is 17.2. The number of hydrogen-bond donors (Lipinski definition) is 0. The van der Waals surface area contributed by atoms with E-state index >= 15 is 8.42 Å². The zero-order valence-corrected chi connectivity index (χ0v) is 34.9. The maximum absolute atomic E-state index is 15.2. The van der Waals surface area contributed by atoms with Crippen LogP contribution in [-0.2, 0) is 19.3 Å². The third kappa shape index (κ3) is 5.56. The summed E-state index contributed by atoms with van der Waals surface area (Å²) >= 11 is 0. The van der Waals surface area contributed by atoms with E-state index in [9.17, 15) is 0 Å². The molecule has 2 radical (unpaired) electrons. The molecule has 1 aromatic heterocycles. The van der Waals surface area contributed by atoms with Gasteiger partial charge in [0.2, 0.25) is 9.84 Å². The fourth-order valence-corrected chi connectivity index (χ4v) is 12.4. The van der Waals surface area contributed by atoms with Gasteiger partial charge < -0.3 is 13.9 Å². The summed E-state index contributed by atoms with van der Waals surface area (Å²) in [4.78, 5) is 0.461. The summed E-state index contributed by atoms with van der Waals surface area (Å²) in [6, 6.07) is 47.7. The smallest absolute Gasteiger partial charge is 0.202 e. The highest BCUT2D eigenvalue weighted by Gasteiger charge is 2.57. The van der Waals surface area contributed by atoms with Crippen molar-refractivity contribution in [2.75, 3.05) is 0 Å². The maximum Gasteiger partial charge on any atom is 0.202 e. The van der Waals surface area contributed by atoms with Crippen molar-refractivity contribution in [3.63, 3.8) is 0 Å². The molecule has 60 heavy (non-hydrogen) atoms. The fraction of sp³-hybridized carbons (Fsp3) is 0.208. The molecule has 0 bridgehead atoms. The van der Waals surface area contributed by atoms with Crippen molar-refractivity contribution in [3.05, 3.63) is 156 Å². The van der Waals surface area contributed by atoms with E-state index in [2.05, 4.69) is 97.1 Å². The van der Waals surface area contributed by atoms with Gasteiger partial charge in [0.1, 0.15) is 11.2 Å². The molecular formula is C53H43BO5S. The Morgan fingerprint density at radius 3 is 1.97 bits per heavy atom. The van der Waals surface area contributed by atoms with Crippen molar-refractivity contribution < 1.29 is 22.3 Å². The van der Waals surface area contributed by atoms with Gasteiger partial charge in [-0.15, -0.1) is 0 Å². The van der Waals surface area contributed by atoms with Crippen LogP contribution in [0.1, 0.15) is 51.2 Å². The molecular weight excluding hydrogens is 759 g/mol. The first-order valence-electron chi connectivity index (χ1n) is 20.9. The largest absolute Gasteiger partial charge is 0.455 e. The second kappa shape index (κ2) is 13.4. The minimum Gasteiger partial charge on any atom is -0.455 e. The van der Waals surface area contributed by atoms with E-state index in [-0.39, 0.29) is 9.80 Å². The van der Waals surface area contributed by atoms with Crippen LogP contribution in [0.3, 0.4) is 0 Å². The van der Waals surface area contributed by atoms with Crippen LogP contribution in [0.5, 0.6) is 0 Å². The lowest BCUT2D eigenvalue weighted by molar-refractivity contribution is -0.147. The van der Waals surface area contributed by atoms with Crippen LogP contribution >= 0.6 is 0 Å². The Balaban J connectivity index is 1.09. The van der Waals surface area contributed by atoms with Gasteiger partial charge in [0.15, 0.2) is 5.79 Å². The van der Waals surface area contributed by atoms with Crippen molar-refractivity contribution in [2.24, 2.45) is 0 Å². The molecule has 2 aliphatic rings. The first-order chi connectivity index (χ1) is 28.9. The number of fused-ring (bicyclic) bond motifs is 4. The van der Waals surface area contributed by atoms with Gasteiger partial charge in [-0.05, 0) is 111 Å². The van der Waals surface area contributed by atoms with E-state index in [4.69, 9.17) is 21.7 Å². The minimum atomic E-state index is -4.08. The summed E-state index contributed by atoms with van der Waals surface area (Å²) in [5.41, 5.74) is 8.69. The molecule has 0 spiro atoms. The standard InChI is InChI=1S/C53H43BO5S/c1-5-29-53(54)50-46(58-52(3,4)59-50)30-44(51(53)60(55,56)36-23-13-31(2)14-24-36)39-26-20-35-21-27-41-37(25-19-34-22-28-42(39)48(35)47(34)41)32-15-17-33(18-16-32)38-10-8-11-43-40-9-6-7-12-45(40)57-49(38)43/h6-28,46,50H,5,29-30H2,1-4H3. The van der Waals surface area contributed by atoms with E-state index in [1.54, 1.807) is 12.1 Å². The summed E-state index contributed by atoms with van der Waals surface area (Å²) in [6.07, 6.45) is 0.378. The average Bonchev–Trinajstić information content (AvgIpc) is 3.79. The average molecular weight is 803 g/mol. The first kappa shape index (κ1) is 37.3. The molecule has 5 nitrogen and oxygen atoms in total. The maximum atomic E-state index is 15.2. The Bertz CT molecular complexity index is 3330. The number of sulfone groups is 1. The molecule has 1 fully saturated rings. The van der Waals surface area contributed by atoms with E-state index in [0.29, 0.717) is 24.8 Å². The molecule has 2 heterocycles. The van der Waals surface area contributed by atoms with Crippen LogP contribution in [0.2, 0.25) is 5.31 Å². The van der Waals surface area contributed by atoms with Crippen LogP contribution in [0.25, 0.3) is 82.1 Å². The highest BCUT2D eigenvalue weighted by atomic mass is 32.2. The molecule has 9 aromatic rings. The van der Waals surface area contributed by atoms with Crippen molar-refractivity contribution in [1.29, 1.82) is 0 Å².